The van der Waals surface area contributed by atoms with Crippen molar-refractivity contribution in [2.24, 2.45) is 11.8 Å². The van der Waals surface area contributed by atoms with E-state index in [1.165, 1.54) is 17.8 Å². The highest BCUT2D eigenvalue weighted by Crippen LogP contribution is 2.44. The van der Waals surface area contributed by atoms with Crippen LogP contribution in [-0.2, 0) is 23.8 Å². The summed E-state index contributed by atoms with van der Waals surface area (Å²) in [6, 6.07) is 0. The van der Waals surface area contributed by atoms with Gasteiger partial charge in [-0.05, 0) is 31.6 Å². The summed E-state index contributed by atoms with van der Waals surface area (Å²) in [5, 5.41) is 2.90. The lowest BCUT2D eigenvalue weighted by atomic mass is 9.87. The predicted molar refractivity (Wildman–Crippen MR) is 134 cm³/mol. The number of imidazole rings is 1. The first-order valence-corrected chi connectivity index (χ1v) is 13.0. The van der Waals surface area contributed by atoms with Gasteiger partial charge in [-0.15, -0.1) is 0 Å². The molecule has 1 aliphatic heterocycles. The largest absolute Gasteiger partial charge is 0.463 e. The Morgan fingerprint density at radius 2 is 2.00 bits per heavy atom. The average Bonchev–Trinajstić information content (AvgIpc) is 3.35. The van der Waals surface area contributed by atoms with Crippen LogP contribution in [0, 0.1) is 11.8 Å². The number of ether oxygens (including phenoxy) is 3. The topological polar surface area (TPSA) is 143 Å². The normalized spacial score (nSPS) is 26.5. The van der Waals surface area contributed by atoms with E-state index in [4.69, 9.17) is 19.9 Å². The average molecular weight is 521 g/mol. The van der Waals surface area contributed by atoms with Crippen molar-refractivity contribution in [3.8, 4) is 0 Å². The quantitative estimate of drug-likeness (QED) is 0.471. The van der Waals surface area contributed by atoms with Gasteiger partial charge in [0.2, 0.25) is 5.95 Å². The van der Waals surface area contributed by atoms with E-state index in [-0.39, 0.29) is 42.9 Å². The number of nitrogen functional groups attached to an aromatic ring is 1. The smallest absolute Gasteiger partial charge is 0.306 e. The third kappa shape index (κ3) is 5.94. The lowest BCUT2D eigenvalue weighted by molar-refractivity contribution is -0.162. The number of rotatable bonds is 9. The van der Waals surface area contributed by atoms with Crippen LogP contribution in [0.4, 0.5) is 16.2 Å². The van der Waals surface area contributed by atoms with Crippen LogP contribution in [0.25, 0.3) is 11.2 Å². The Bertz CT molecular complexity index is 1120. The van der Waals surface area contributed by atoms with Crippen molar-refractivity contribution in [1.82, 2.24) is 19.5 Å². The summed E-state index contributed by atoms with van der Waals surface area (Å²) in [6.07, 6.45) is 3.46. The van der Waals surface area contributed by atoms with Crippen molar-refractivity contribution in [1.29, 1.82) is 0 Å². The summed E-state index contributed by atoms with van der Waals surface area (Å²) in [7, 11) is 1.66. The van der Waals surface area contributed by atoms with Gasteiger partial charge in [-0.2, -0.15) is 9.97 Å². The number of anilines is 2. The fourth-order valence-electron chi connectivity index (χ4n) is 5.19. The Kier molecular flexibility index (Phi) is 8.15. The zero-order valence-electron chi connectivity index (χ0n) is 21.9. The zero-order chi connectivity index (χ0) is 26.7. The molecule has 0 radical (unpaired) electrons. The van der Waals surface area contributed by atoms with Gasteiger partial charge in [0.1, 0.15) is 12.7 Å². The highest BCUT2D eigenvalue weighted by Gasteiger charge is 2.58. The minimum absolute atomic E-state index is 0.0215. The van der Waals surface area contributed by atoms with Gasteiger partial charge < -0.3 is 25.3 Å². The number of halogens is 1. The molecule has 3 heterocycles. The Labute approximate surface area is 215 Å². The zero-order valence-corrected chi connectivity index (χ0v) is 21.9. The molecule has 11 nitrogen and oxygen atoms in total. The second-order valence-electron chi connectivity index (χ2n) is 10.6. The maximum atomic E-state index is 16.6. The number of carbonyl (C=O) groups excluding carboxylic acids is 2. The molecule has 0 aromatic carbocycles. The molecule has 0 bridgehead atoms. The van der Waals surface area contributed by atoms with Crippen LogP contribution in [0.1, 0.15) is 71.9 Å². The summed E-state index contributed by atoms with van der Waals surface area (Å²) in [5.74, 6) is -0.222. The van der Waals surface area contributed by atoms with Crippen LogP contribution in [0.5, 0.6) is 0 Å². The van der Waals surface area contributed by atoms with Crippen LogP contribution in [-0.4, -0.2) is 63.0 Å². The van der Waals surface area contributed by atoms with E-state index in [2.05, 4.69) is 20.3 Å². The molecule has 2 aromatic heterocycles. The first-order valence-electron chi connectivity index (χ1n) is 13.0. The highest BCUT2D eigenvalue weighted by atomic mass is 19.1. The predicted octanol–water partition coefficient (Wildman–Crippen LogP) is 3.55. The highest BCUT2D eigenvalue weighted by molar-refractivity contribution is 5.84. The van der Waals surface area contributed by atoms with Crippen LogP contribution >= 0.6 is 0 Å². The van der Waals surface area contributed by atoms with Gasteiger partial charge in [0.25, 0.3) is 0 Å². The van der Waals surface area contributed by atoms with Gasteiger partial charge in [0.15, 0.2) is 35.0 Å². The summed E-state index contributed by atoms with van der Waals surface area (Å²) in [6.45, 7) is 4.85. The van der Waals surface area contributed by atoms with Crippen molar-refractivity contribution >= 4 is 34.9 Å². The third-order valence-corrected chi connectivity index (χ3v) is 7.03. The Balaban J connectivity index is 1.60. The number of carbonyl (C=O) groups is 2. The number of aromatic nitrogens is 4. The minimum atomic E-state index is -2.19. The molecular formula is C25H37FN6O5. The molecule has 1 aliphatic carbocycles. The van der Waals surface area contributed by atoms with Gasteiger partial charge >= 0.3 is 11.9 Å². The number of nitrogens with one attached hydrogen (secondary N) is 1. The van der Waals surface area contributed by atoms with E-state index >= 15 is 4.39 Å². The fourth-order valence-corrected chi connectivity index (χ4v) is 5.19. The van der Waals surface area contributed by atoms with Crippen molar-refractivity contribution in [2.75, 3.05) is 24.7 Å². The molecule has 2 aliphatic rings. The minimum Gasteiger partial charge on any atom is -0.463 e. The summed E-state index contributed by atoms with van der Waals surface area (Å²) >= 11 is 0. The number of fused-ring (bicyclic) bond motifs is 1. The monoisotopic (exact) mass is 520 g/mol. The molecule has 204 valence electrons. The van der Waals surface area contributed by atoms with Gasteiger partial charge in [-0.25, -0.2) is 9.37 Å². The van der Waals surface area contributed by atoms with Gasteiger partial charge in [-0.3, -0.25) is 14.2 Å². The number of hydrogen-bond donors (Lipinski definition) is 2. The molecule has 2 fully saturated rings. The van der Waals surface area contributed by atoms with E-state index in [1.54, 1.807) is 7.05 Å². The van der Waals surface area contributed by atoms with Gasteiger partial charge in [0.05, 0.1) is 6.33 Å². The molecule has 0 amide bonds. The third-order valence-electron chi connectivity index (χ3n) is 7.03. The molecule has 37 heavy (non-hydrogen) atoms. The molecule has 0 spiro atoms. The van der Waals surface area contributed by atoms with Gasteiger partial charge in [-0.1, -0.05) is 33.1 Å². The van der Waals surface area contributed by atoms with Crippen LogP contribution in [0.3, 0.4) is 0 Å². The van der Waals surface area contributed by atoms with E-state index < -0.39 is 36.0 Å². The molecular weight excluding hydrogens is 483 g/mol. The SMILES string of the molecule is CNc1nc(N)nc2c1ncn2C1OC(COC(=O)CC(C)C)[C@@H](OC(=O)CC2CCCCC2)[C@@]1(C)F. The number of esters is 2. The lowest BCUT2D eigenvalue weighted by Crippen LogP contribution is -2.44. The Morgan fingerprint density at radius 1 is 1.27 bits per heavy atom. The molecule has 3 N–H and O–H groups in total. The van der Waals surface area contributed by atoms with E-state index in [1.807, 2.05) is 13.8 Å². The summed E-state index contributed by atoms with van der Waals surface area (Å²) in [4.78, 5) is 37.8. The van der Waals surface area contributed by atoms with Crippen molar-refractivity contribution < 1.29 is 28.2 Å². The molecule has 1 saturated heterocycles. The van der Waals surface area contributed by atoms with Crippen molar-refractivity contribution in [3.63, 3.8) is 0 Å². The van der Waals surface area contributed by atoms with Crippen molar-refractivity contribution in [2.45, 2.75) is 89.8 Å². The Hall–Kier alpha value is -3.02. The van der Waals surface area contributed by atoms with E-state index in [0.717, 1.165) is 32.1 Å². The molecule has 12 heteroatoms. The number of hydrogen-bond acceptors (Lipinski definition) is 10. The van der Waals surface area contributed by atoms with E-state index in [0.29, 0.717) is 11.3 Å². The maximum absolute atomic E-state index is 16.6. The maximum Gasteiger partial charge on any atom is 0.306 e. The molecule has 2 aromatic rings. The second-order valence-corrected chi connectivity index (χ2v) is 10.6. The first-order chi connectivity index (χ1) is 17.6. The van der Waals surface area contributed by atoms with Gasteiger partial charge in [0, 0.05) is 19.9 Å². The van der Waals surface area contributed by atoms with Crippen LogP contribution in [0.2, 0.25) is 0 Å². The summed E-state index contributed by atoms with van der Waals surface area (Å²) < 4.78 is 35.2. The molecule has 4 rings (SSSR count). The van der Waals surface area contributed by atoms with Crippen LogP contribution < -0.4 is 11.1 Å². The molecule has 1 saturated carbocycles. The van der Waals surface area contributed by atoms with Crippen molar-refractivity contribution in [3.05, 3.63) is 6.33 Å². The first kappa shape index (κ1) is 27.0. The number of nitrogens with zero attached hydrogens (tertiary/aromatic N) is 4. The van der Waals surface area contributed by atoms with E-state index in [9.17, 15) is 9.59 Å². The second kappa shape index (κ2) is 11.2. The molecule has 4 atom stereocenters. The molecule has 2 unspecified atom stereocenters. The lowest BCUT2D eigenvalue weighted by Gasteiger charge is -2.28. The standard InChI is InChI=1S/C25H37FN6O5/c1-14(2)10-17(33)35-12-16-20(37-18(34)11-15-8-6-5-7-9-15)25(3,26)23(36-16)32-13-29-19-21(28-4)30-24(27)31-22(19)32/h13-16,20,23H,5-12H2,1-4H3,(H3,27,28,30,31)/t16?,20-,23?,25-/m1/s1. The summed E-state index contributed by atoms with van der Waals surface area (Å²) in [5.41, 5.74) is 4.31. The van der Waals surface area contributed by atoms with Crippen LogP contribution in [0.15, 0.2) is 6.33 Å². The number of nitrogens with two attached hydrogens (primary N) is 1. The Morgan fingerprint density at radius 3 is 2.68 bits per heavy atom. The fraction of sp³-hybridized carbons (Fsp3) is 0.720. The number of alkyl halides is 1.